The fraction of sp³-hybridized carbons (Fsp3) is 0. The lowest BCUT2D eigenvalue weighted by molar-refractivity contribution is 1.14. The van der Waals surface area contributed by atoms with E-state index in [1.54, 1.807) is 6.20 Å². The molecule has 3 heteroatoms. The Kier molecular flexibility index (Phi) is 2.60. The topological polar surface area (TPSA) is 17.8 Å². The van der Waals surface area contributed by atoms with Gasteiger partial charge in [0.05, 0.1) is 22.9 Å². The van der Waals surface area contributed by atoms with Crippen molar-refractivity contribution in [3.05, 3.63) is 71.5 Å². The van der Waals surface area contributed by atoms with Crippen molar-refractivity contribution < 1.29 is 0 Å². The highest BCUT2D eigenvalue weighted by molar-refractivity contribution is 9.10. The molecule has 2 nitrogen and oxygen atoms in total. The van der Waals surface area contributed by atoms with E-state index in [0.717, 1.165) is 10.2 Å². The summed E-state index contributed by atoms with van der Waals surface area (Å²) in [6.07, 6.45) is 3.69. The van der Waals surface area contributed by atoms with E-state index in [1.165, 1.54) is 21.8 Å². The van der Waals surface area contributed by atoms with Crippen molar-refractivity contribution in [2.75, 3.05) is 0 Å². The summed E-state index contributed by atoms with van der Waals surface area (Å²) in [7, 11) is 0. The minimum Gasteiger partial charge on any atom is -0.308 e. The van der Waals surface area contributed by atoms with Crippen LogP contribution in [0.2, 0.25) is 0 Å². The van der Waals surface area contributed by atoms with E-state index in [2.05, 4.69) is 74.0 Å². The van der Waals surface area contributed by atoms with Crippen LogP contribution in [0, 0.1) is 0 Å². The van der Waals surface area contributed by atoms with Crippen LogP contribution in [0.25, 0.3) is 27.5 Å². The highest BCUT2D eigenvalue weighted by Gasteiger charge is 2.11. The molecule has 2 heterocycles. The molecule has 2 aromatic heterocycles. The van der Waals surface area contributed by atoms with Crippen LogP contribution >= 0.6 is 15.9 Å². The van der Waals surface area contributed by atoms with Gasteiger partial charge in [-0.1, -0.05) is 40.2 Å². The van der Waals surface area contributed by atoms with E-state index < -0.39 is 0 Å². The maximum Gasteiger partial charge on any atom is 0.0645 e. The van der Waals surface area contributed by atoms with Crippen molar-refractivity contribution in [1.82, 2.24) is 9.55 Å². The molecule has 0 aliphatic rings. The van der Waals surface area contributed by atoms with Crippen LogP contribution in [-0.4, -0.2) is 9.55 Å². The second kappa shape index (κ2) is 4.46. The van der Waals surface area contributed by atoms with Gasteiger partial charge in [-0.3, -0.25) is 4.98 Å². The van der Waals surface area contributed by atoms with Crippen molar-refractivity contribution >= 4 is 37.7 Å². The molecule has 0 aliphatic carbocycles. The fourth-order valence-corrected chi connectivity index (χ4v) is 3.06. The maximum absolute atomic E-state index is 4.24. The molecule has 0 unspecified atom stereocenters. The van der Waals surface area contributed by atoms with Gasteiger partial charge in [-0.05, 0) is 30.3 Å². The highest BCUT2D eigenvalue weighted by atomic mass is 79.9. The van der Waals surface area contributed by atoms with E-state index in [1.807, 2.05) is 12.3 Å². The average molecular weight is 323 g/mol. The molecule has 0 fully saturated rings. The summed E-state index contributed by atoms with van der Waals surface area (Å²) in [5, 5.41) is 2.52. The van der Waals surface area contributed by atoms with Gasteiger partial charge in [0.1, 0.15) is 0 Å². The zero-order valence-corrected chi connectivity index (χ0v) is 12.2. The van der Waals surface area contributed by atoms with Crippen LogP contribution in [-0.2, 0) is 0 Å². The average Bonchev–Trinajstić information content (AvgIpc) is 2.81. The first-order valence-electron chi connectivity index (χ1n) is 6.44. The Morgan fingerprint density at radius 3 is 2.55 bits per heavy atom. The van der Waals surface area contributed by atoms with Gasteiger partial charge in [0.2, 0.25) is 0 Å². The molecule has 20 heavy (non-hydrogen) atoms. The minimum absolute atomic E-state index is 1.08. The van der Waals surface area contributed by atoms with Crippen LogP contribution in [0.3, 0.4) is 0 Å². The van der Waals surface area contributed by atoms with Gasteiger partial charge in [-0.25, -0.2) is 0 Å². The van der Waals surface area contributed by atoms with E-state index in [9.17, 15) is 0 Å². The second-order valence-electron chi connectivity index (χ2n) is 4.73. The molecular formula is C17H11BrN2. The third-order valence-corrected chi connectivity index (χ3v) is 4.03. The lowest BCUT2D eigenvalue weighted by atomic mass is 10.2. The molecule has 4 aromatic rings. The lowest BCUT2D eigenvalue weighted by Crippen LogP contribution is -1.93. The monoisotopic (exact) mass is 322 g/mol. The summed E-state index contributed by atoms with van der Waals surface area (Å²) in [5.74, 6) is 0. The van der Waals surface area contributed by atoms with E-state index in [-0.39, 0.29) is 0 Å². The standard InChI is InChI=1S/C17H11BrN2/c18-12-7-8-15-14-5-1-2-6-16(14)20(17(15)10-12)13-4-3-9-19-11-13/h1-11H. The molecule has 2 aromatic carbocycles. The van der Waals surface area contributed by atoms with Gasteiger partial charge in [0.15, 0.2) is 0 Å². The third-order valence-electron chi connectivity index (χ3n) is 3.54. The van der Waals surface area contributed by atoms with Crippen molar-refractivity contribution in [2.45, 2.75) is 0 Å². The number of pyridine rings is 1. The van der Waals surface area contributed by atoms with Gasteiger partial charge in [0.25, 0.3) is 0 Å². The Morgan fingerprint density at radius 1 is 0.850 bits per heavy atom. The molecule has 4 rings (SSSR count). The Hall–Kier alpha value is -2.13. The highest BCUT2D eigenvalue weighted by Crippen LogP contribution is 2.33. The lowest BCUT2D eigenvalue weighted by Gasteiger charge is -2.06. The van der Waals surface area contributed by atoms with Crippen LogP contribution in [0.1, 0.15) is 0 Å². The number of fused-ring (bicyclic) bond motifs is 3. The SMILES string of the molecule is Brc1ccc2c3ccccc3n(-c3cccnc3)c2c1. The zero-order valence-electron chi connectivity index (χ0n) is 10.6. The number of para-hydroxylation sites is 1. The van der Waals surface area contributed by atoms with Crippen LogP contribution in [0.5, 0.6) is 0 Å². The number of aromatic nitrogens is 2. The molecular weight excluding hydrogens is 312 g/mol. The Labute approximate surface area is 124 Å². The normalized spacial score (nSPS) is 11.2. The number of hydrogen-bond donors (Lipinski definition) is 0. The van der Waals surface area contributed by atoms with Crippen LogP contribution < -0.4 is 0 Å². The predicted octanol–water partition coefficient (Wildman–Crippen LogP) is 4.94. The molecule has 0 atom stereocenters. The number of nitrogens with zero attached hydrogens (tertiary/aromatic N) is 2. The zero-order chi connectivity index (χ0) is 13.5. The summed E-state index contributed by atoms with van der Waals surface area (Å²) in [6.45, 7) is 0. The van der Waals surface area contributed by atoms with Crippen molar-refractivity contribution in [2.24, 2.45) is 0 Å². The quantitative estimate of drug-likeness (QED) is 0.485. The summed E-state index contributed by atoms with van der Waals surface area (Å²) in [5.41, 5.74) is 3.47. The Bertz CT molecular complexity index is 910. The summed E-state index contributed by atoms with van der Waals surface area (Å²) < 4.78 is 3.33. The van der Waals surface area contributed by atoms with Crippen LogP contribution in [0.15, 0.2) is 71.5 Å². The number of benzene rings is 2. The summed E-state index contributed by atoms with van der Waals surface area (Å²) in [6, 6.07) is 18.9. The number of hydrogen-bond acceptors (Lipinski definition) is 1. The maximum atomic E-state index is 4.24. The Morgan fingerprint density at radius 2 is 1.70 bits per heavy atom. The van der Waals surface area contributed by atoms with E-state index in [0.29, 0.717) is 0 Å². The first-order valence-corrected chi connectivity index (χ1v) is 7.23. The molecule has 0 radical (unpaired) electrons. The van der Waals surface area contributed by atoms with Gasteiger partial charge >= 0.3 is 0 Å². The fourth-order valence-electron chi connectivity index (χ4n) is 2.71. The van der Waals surface area contributed by atoms with E-state index >= 15 is 0 Å². The van der Waals surface area contributed by atoms with Gasteiger partial charge in [0, 0.05) is 21.4 Å². The van der Waals surface area contributed by atoms with Gasteiger partial charge in [-0.2, -0.15) is 0 Å². The van der Waals surface area contributed by atoms with Crippen molar-refractivity contribution in [3.8, 4) is 5.69 Å². The molecule has 0 saturated heterocycles. The van der Waals surface area contributed by atoms with Gasteiger partial charge in [-0.15, -0.1) is 0 Å². The molecule has 0 N–H and O–H groups in total. The minimum atomic E-state index is 1.08. The largest absolute Gasteiger partial charge is 0.308 e. The first-order chi connectivity index (χ1) is 9.84. The molecule has 0 spiro atoms. The predicted molar refractivity (Wildman–Crippen MR) is 86.3 cm³/mol. The van der Waals surface area contributed by atoms with Crippen molar-refractivity contribution in [1.29, 1.82) is 0 Å². The Balaban J connectivity index is 2.23. The first kappa shape index (κ1) is 11.7. The third kappa shape index (κ3) is 1.67. The molecule has 0 saturated carbocycles. The van der Waals surface area contributed by atoms with Crippen LogP contribution in [0.4, 0.5) is 0 Å². The van der Waals surface area contributed by atoms with Crippen molar-refractivity contribution in [3.63, 3.8) is 0 Å². The summed E-state index contributed by atoms with van der Waals surface area (Å²) in [4.78, 5) is 4.24. The number of rotatable bonds is 1. The molecule has 0 aliphatic heterocycles. The second-order valence-corrected chi connectivity index (χ2v) is 5.64. The van der Waals surface area contributed by atoms with Gasteiger partial charge < -0.3 is 4.57 Å². The van der Waals surface area contributed by atoms with E-state index in [4.69, 9.17) is 0 Å². The smallest absolute Gasteiger partial charge is 0.0645 e. The molecule has 0 bridgehead atoms. The molecule has 96 valence electrons. The summed E-state index contributed by atoms with van der Waals surface area (Å²) >= 11 is 3.57. The molecule has 0 amide bonds. The number of halogens is 1.